The second kappa shape index (κ2) is 4.14. The molecule has 3 rings (SSSR count). The standard InChI is InChI=1S/C14H13N3O/c15-14(18)9-5-6-12-13(7-9)17-11-4-2-1-3-10(11)8-16-12/h1-6,8-9,16H,7H2,(H2,15,18). The van der Waals surface area contributed by atoms with Gasteiger partial charge in [0, 0.05) is 17.8 Å². The quantitative estimate of drug-likeness (QED) is 0.720. The number of fused-ring (bicyclic) bond motifs is 1. The smallest absolute Gasteiger partial charge is 0.224 e. The number of primary amides is 1. The molecule has 4 heteroatoms. The zero-order valence-electron chi connectivity index (χ0n) is 9.76. The van der Waals surface area contributed by atoms with Crippen molar-refractivity contribution in [1.29, 1.82) is 0 Å². The average Bonchev–Trinajstić information content (AvgIpc) is 2.56. The molecule has 0 fully saturated rings. The van der Waals surface area contributed by atoms with Crippen LogP contribution in [-0.2, 0) is 4.79 Å². The van der Waals surface area contributed by atoms with Gasteiger partial charge >= 0.3 is 0 Å². The van der Waals surface area contributed by atoms with Crippen LogP contribution in [0.1, 0.15) is 6.42 Å². The first-order valence-corrected chi connectivity index (χ1v) is 5.85. The van der Waals surface area contributed by atoms with E-state index in [1.54, 1.807) is 0 Å². The number of rotatable bonds is 1. The van der Waals surface area contributed by atoms with Gasteiger partial charge in [-0.15, -0.1) is 0 Å². The van der Waals surface area contributed by atoms with Gasteiger partial charge < -0.3 is 11.1 Å². The molecule has 1 aliphatic carbocycles. The molecular formula is C14H13N3O. The number of hydrogen-bond donors (Lipinski definition) is 2. The predicted molar refractivity (Wildman–Crippen MR) is 68.3 cm³/mol. The van der Waals surface area contributed by atoms with E-state index in [-0.39, 0.29) is 11.8 Å². The molecule has 90 valence electrons. The lowest BCUT2D eigenvalue weighted by atomic mass is 9.96. The first-order chi connectivity index (χ1) is 8.74. The number of nitrogens with zero attached hydrogens (tertiary/aromatic N) is 1. The molecule has 0 radical (unpaired) electrons. The minimum Gasteiger partial charge on any atom is -0.369 e. The van der Waals surface area contributed by atoms with Gasteiger partial charge in [-0.3, -0.25) is 9.79 Å². The van der Waals surface area contributed by atoms with Crippen LogP contribution in [0.25, 0.3) is 6.20 Å². The summed E-state index contributed by atoms with van der Waals surface area (Å²) < 4.78 is 0. The number of benzene rings is 1. The van der Waals surface area contributed by atoms with Crippen molar-refractivity contribution in [2.45, 2.75) is 6.42 Å². The van der Waals surface area contributed by atoms with E-state index >= 15 is 0 Å². The minimum atomic E-state index is -0.311. The average molecular weight is 239 g/mol. The molecule has 1 aliphatic heterocycles. The maximum Gasteiger partial charge on any atom is 0.224 e. The van der Waals surface area contributed by atoms with Gasteiger partial charge in [-0.2, -0.15) is 0 Å². The number of nitrogens with one attached hydrogen (secondary N) is 1. The van der Waals surface area contributed by atoms with E-state index in [0.29, 0.717) is 6.42 Å². The van der Waals surface area contributed by atoms with Crippen molar-refractivity contribution < 1.29 is 4.79 Å². The Morgan fingerprint density at radius 3 is 3.06 bits per heavy atom. The summed E-state index contributed by atoms with van der Waals surface area (Å²) >= 11 is 0. The lowest BCUT2D eigenvalue weighted by Crippen LogP contribution is -2.25. The molecule has 1 unspecified atom stereocenters. The minimum absolute atomic E-state index is 0.264. The fourth-order valence-electron chi connectivity index (χ4n) is 2.14. The van der Waals surface area contributed by atoms with Crippen molar-refractivity contribution in [3.05, 3.63) is 58.4 Å². The Morgan fingerprint density at radius 1 is 1.39 bits per heavy atom. The van der Waals surface area contributed by atoms with Gasteiger partial charge in [-0.05, 0) is 12.1 Å². The molecule has 1 atom stereocenters. The van der Waals surface area contributed by atoms with E-state index in [0.717, 1.165) is 22.0 Å². The number of carbonyl (C=O) groups excluding carboxylic acids is 1. The summed E-state index contributed by atoms with van der Waals surface area (Å²) in [5, 5.41) is 5.17. The highest BCUT2D eigenvalue weighted by atomic mass is 16.1. The van der Waals surface area contributed by atoms with Crippen molar-refractivity contribution in [1.82, 2.24) is 5.32 Å². The van der Waals surface area contributed by atoms with Crippen LogP contribution in [0.4, 0.5) is 0 Å². The topological polar surface area (TPSA) is 67.5 Å². The molecule has 4 nitrogen and oxygen atoms in total. The molecule has 1 amide bonds. The number of para-hydroxylation sites is 1. The highest BCUT2D eigenvalue weighted by Gasteiger charge is 2.20. The van der Waals surface area contributed by atoms with Crippen molar-refractivity contribution in [3.63, 3.8) is 0 Å². The molecule has 0 spiro atoms. The number of allylic oxidation sites excluding steroid dienone is 2. The summed E-state index contributed by atoms with van der Waals surface area (Å²) in [5.74, 6) is -0.575. The molecule has 0 bridgehead atoms. The summed E-state index contributed by atoms with van der Waals surface area (Å²) in [7, 11) is 0. The summed E-state index contributed by atoms with van der Waals surface area (Å²) in [6.45, 7) is 0. The molecule has 1 aromatic carbocycles. The summed E-state index contributed by atoms with van der Waals surface area (Å²) in [6.07, 6.45) is 6.18. The van der Waals surface area contributed by atoms with E-state index in [1.165, 1.54) is 0 Å². The van der Waals surface area contributed by atoms with Gasteiger partial charge in [0.05, 0.1) is 22.7 Å². The second-order valence-corrected chi connectivity index (χ2v) is 4.39. The van der Waals surface area contributed by atoms with Crippen LogP contribution < -0.4 is 21.6 Å². The second-order valence-electron chi connectivity index (χ2n) is 4.39. The third-order valence-electron chi connectivity index (χ3n) is 3.16. The molecule has 1 aromatic rings. The van der Waals surface area contributed by atoms with E-state index in [9.17, 15) is 4.79 Å². The third-order valence-corrected chi connectivity index (χ3v) is 3.16. The predicted octanol–water partition coefficient (Wildman–Crippen LogP) is -0.0796. The fraction of sp³-hybridized carbons (Fsp3) is 0.143. The van der Waals surface area contributed by atoms with Crippen LogP contribution in [-0.4, -0.2) is 5.91 Å². The first-order valence-electron chi connectivity index (χ1n) is 5.85. The molecule has 0 aromatic heterocycles. The molecule has 18 heavy (non-hydrogen) atoms. The normalized spacial score (nSPS) is 20.8. The van der Waals surface area contributed by atoms with Gasteiger partial charge in [0.1, 0.15) is 0 Å². The summed E-state index contributed by atoms with van der Waals surface area (Å²) in [6, 6.07) is 7.88. The van der Waals surface area contributed by atoms with Crippen LogP contribution in [0.2, 0.25) is 0 Å². The zero-order chi connectivity index (χ0) is 12.5. The van der Waals surface area contributed by atoms with Gasteiger partial charge in [0.15, 0.2) is 0 Å². The Morgan fingerprint density at radius 2 is 2.22 bits per heavy atom. The van der Waals surface area contributed by atoms with Crippen LogP contribution >= 0.6 is 0 Å². The van der Waals surface area contributed by atoms with E-state index in [4.69, 9.17) is 5.73 Å². The largest absolute Gasteiger partial charge is 0.369 e. The van der Waals surface area contributed by atoms with Gasteiger partial charge in [0.25, 0.3) is 0 Å². The van der Waals surface area contributed by atoms with E-state index in [1.807, 2.05) is 42.6 Å². The van der Waals surface area contributed by atoms with Crippen molar-refractivity contribution in [3.8, 4) is 0 Å². The number of nitrogens with two attached hydrogens (primary N) is 1. The monoisotopic (exact) mass is 239 g/mol. The fourth-order valence-corrected chi connectivity index (χ4v) is 2.14. The number of hydrogen-bond acceptors (Lipinski definition) is 3. The maximum atomic E-state index is 11.2. The SMILES string of the molecule is NC(=O)C1C=CC2=C(C1)N=c1ccccc1=CN2. The highest BCUT2D eigenvalue weighted by molar-refractivity contribution is 5.79. The Bertz CT molecular complexity index is 685. The van der Waals surface area contributed by atoms with Crippen LogP contribution in [0, 0.1) is 5.92 Å². The van der Waals surface area contributed by atoms with Gasteiger partial charge in [-0.1, -0.05) is 24.3 Å². The Kier molecular flexibility index (Phi) is 2.48. The third kappa shape index (κ3) is 1.82. The Balaban J connectivity index is 2.08. The molecule has 3 N–H and O–H groups in total. The molecule has 1 heterocycles. The van der Waals surface area contributed by atoms with Gasteiger partial charge in [-0.25, -0.2) is 0 Å². The van der Waals surface area contributed by atoms with Crippen molar-refractivity contribution in [2.75, 3.05) is 0 Å². The zero-order valence-corrected chi connectivity index (χ0v) is 9.76. The Labute approximate surface area is 104 Å². The summed E-state index contributed by atoms with van der Waals surface area (Å²) in [4.78, 5) is 15.9. The summed E-state index contributed by atoms with van der Waals surface area (Å²) in [5.41, 5.74) is 7.15. The number of amides is 1. The van der Waals surface area contributed by atoms with Crippen LogP contribution in [0.3, 0.4) is 0 Å². The Hall–Kier alpha value is -2.36. The number of carbonyl (C=O) groups is 1. The lowest BCUT2D eigenvalue weighted by Gasteiger charge is -2.16. The lowest BCUT2D eigenvalue weighted by molar-refractivity contribution is -0.120. The first kappa shape index (κ1) is 10.8. The van der Waals surface area contributed by atoms with Crippen LogP contribution in [0.5, 0.6) is 0 Å². The van der Waals surface area contributed by atoms with Crippen molar-refractivity contribution >= 4 is 12.1 Å². The molecular weight excluding hydrogens is 226 g/mol. The van der Waals surface area contributed by atoms with Crippen LogP contribution in [0.15, 0.2) is 52.8 Å². The molecule has 0 saturated heterocycles. The maximum absolute atomic E-state index is 11.2. The highest BCUT2D eigenvalue weighted by Crippen LogP contribution is 2.23. The van der Waals surface area contributed by atoms with E-state index < -0.39 is 0 Å². The van der Waals surface area contributed by atoms with Crippen molar-refractivity contribution in [2.24, 2.45) is 16.6 Å². The molecule has 0 saturated carbocycles. The molecule has 2 aliphatic rings. The van der Waals surface area contributed by atoms with E-state index in [2.05, 4.69) is 10.3 Å². The van der Waals surface area contributed by atoms with Gasteiger partial charge in [0.2, 0.25) is 5.91 Å².